The number of benzene rings is 1. The van der Waals surface area contributed by atoms with Gasteiger partial charge in [-0.25, -0.2) is 0 Å². The van der Waals surface area contributed by atoms with Crippen molar-refractivity contribution in [3.05, 3.63) is 41.6 Å². The van der Waals surface area contributed by atoms with Crippen LogP contribution in [0.25, 0.3) is 0 Å². The third-order valence-corrected chi connectivity index (χ3v) is 6.50. The van der Waals surface area contributed by atoms with Crippen LogP contribution in [0.15, 0.2) is 30.3 Å². The number of ether oxygens (including phenoxy) is 3. The number of ketones is 2. The Morgan fingerprint density at radius 3 is 2.29 bits per heavy atom. The first kappa shape index (κ1) is 22.2. The Balaban J connectivity index is 2.04. The molecule has 0 spiro atoms. The van der Waals surface area contributed by atoms with Crippen molar-refractivity contribution in [1.82, 2.24) is 4.98 Å². The standard InChI is InChI=1S/C20H22NO5.CH3.Sn/c1-4-11-26-19-10-5-14(12-20(19)25-3)17(22)8-9-18(23)16-7-6-15(24-2)13-21-16;;/h5-7,10,12H,4,8-9,11H2,1-3H3;1H3;. The van der Waals surface area contributed by atoms with E-state index in [9.17, 15) is 9.59 Å². The van der Waals surface area contributed by atoms with Crippen LogP contribution in [0.1, 0.15) is 47.0 Å². The summed E-state index contributed by atoms with van der Waals surface area (Å²) in [5, 5.41) is 0. The predicted molar refractivity (Wildman–Crippen MR) is 109 cm³/mol. The zero-order valence-electron chi connectivity index (χ0n) is 16.7. The van der Waals surface area contributed by atoms with Crippen molar-refractivity contribution in [2.24, 2.45) is 0 Å². The van der Waals surface area contributed by atoms with Crippen LogP contribution in [0, 0.1) is 0 Å². The summed E-state index contributed by atoms with van der Waals surface area (Å²) in [6.45, 7) is 2.60. The topological polar surface area (TPSA) is 74.7 Å². The van der Waals surface area contributed by atoms with Crippen molar-refractivity contribution in [3.63, 3.8) is 0 Å². The zero-order valence-corrected chi connectivity index (χ0v) is 19.6. The van der Waals surface area contributed by atoms with Gasteiger partial charge in [0.2, 0.25) is 0 Å². The average Bonchev–Trinajstić information content (AvgIpc) is 2.74. The van der Waals surface area contributed by atoms with Crippen molar-refractivity contribution in [1.29, 1.82) is 0 Å². The zero-order chi connectivity index (χ0) is 20.5. The molecule has 0 atom stereocenters. The summed E-state index contributed by atoms with van der Waals surface area (Å²) in [5.74, 6) is 1.60. The second kappa shape index (κ2) is 11.0. The maximum atomic E-state index is 12.5. The van der Waals surface area contributed by atoms with Gasteiger partial charge in [-0.15, -0.1) is 0 Å². The van der Waals surface area contributed by atoms with Gasteiger partial charge in [0, 0.05) is 0 Å². The molecule has 0 saturated carbocycles. The summed E-state index contributed by atoms with van der Waals surface area (Å²) in [7, 11) is 3.14. The Morgan fingerprint density at radius 1 is 0.964 bits per heavy atom. The number of Topliss-reactive ketones (excluding diaryl/α,β-unsaturated/α-hetero) is 2. The van der Waals surface area contributed by atoms with Crippen LogP contribution in [0.4, 0.5) is 0 Å². The van der Waals surface area contributed by atoms with E-state index in [4.69, 9.17) is 14.2 Å². The number of nitrogens with zero attached hydrogens (tertiary/aromatic N) is 1. The fourth-order valence-corrected chi connectivity index (χ4v) is 4.51. The molecule has 6 nitrogen and oxygen atoms in total. The molecule has 2 aromatic rings. The summed E-state index contributed by atoms with van der Waals surface area (Å²) in [6.07, 6.45) is 1.11. The number of hydrogen-bond donors (Lipinski definition) is 0. The number of pyridine rings is 1. The maximum absolute atomic E-state index is 12.5. The molecule has 0 N–H and O–H groups in total. The number of hydrogen-bond acceptors (Lipinski definition) is 6. The Kier molecular flexibility index (Phi) is 8.76. The van der Waals surface area contributed by atoms with Gasteiger partial charge in [0.05, 0.1) is 6.61 Å². The summed E-state index contributed by atoms with van der Waals surface area (Å²) in [6, 6.07) is 8.53. The summed E-state index contributed by atoms with van der Waals surface area (Å²) in [5.41, 5.74) is 0.895. The van der Waals surface area contributed by atoms with Crippen molar-refractivity contribution in [2.45, 2.75) is 31.1 Å². The molecule has 2 rings (SSSR count). The molecule has 1 aromatic carbocycles. The molecular formula is C21H25NO5Sn. The average molecular weight is 490 g/mol. The summed E-state index contributed by atoms with van der Waals surface area (Å²) in [4.78, 5) is 31.5. The Morgan fingerprint density at radius 2 is 1.64 bits per heavy atom. The number of carbonyl (C=O) groups excluding carboxylic acids is 2. The Labute approximate surface area is 175 Å². The van der Waals surface area contributed by atoms with Crippen LogP contribution in [0.5, 0.6) is 17.2 Å². The monoisotopic (exact) mass is 491 g/mol. The molecule has 0 amide bonds. The SMILES string of the molecule is CCCOc1ccc(C(=O)CCC(=O)c2ccc(OC)[c]([Sn][CH3])n2)cc1OC. The number of methoxy groups -OCH3 is 2. The van der Waals surface area contributed by atoms with E-state index >= 15 is 0 Å². The molecule has 0 aliphatic heterocycles. The van der Waals surface area contributed by atoms with E-state index in [1.807, 2.05) is 6.92 Å². The van der Waals surface area contributed by atoms with Crippen molar-refractivity contribution in [2.75, 3.05) is 20.8 Å². The predicted octanol–water partition coefficient (Wildman–Crippen LogP) is 3.11. The third-order valence-electron chi connectivity index (χ3n) is 4.13. The molecule has 0 saturated heterocycles. The van der Waals surface area contributed by atoms with E-state index < -0.39 is 21.1 Å². The molecule has 0 bridgehead atoms. The first-order chi connectivity index (χ1) is 13.5. The van der Waals surface area contributed by atoms with Gasteiger partial charge in [-0.1, -0.05) is 6.92 Å². The van der Waals surface area contributed by atoms with E-state index in [2.05, 4.69) is 9.92 Å². The first-order valence-electron chi connectivity index (χ1n) is 9.14. The normalized spacial score (nSPS) is 10.4. The molecular weight excluding hydrogens is 465 g/mol. The molecule has 28 heavy (non-hydrogen) atoms. The van der Waals surface area contributed by atoms with Crippen LogP contribution in [-0.4, -0.2) is 58.5 Å². The van der Waals surface area contributed by atoms with Gasteiger partial charge in [0.25, 0.3) is 0 Å². The van der Waals surface area contributed by atoms with Crippen LogP contribution in [0.2, 0.25) is 4.94 Å². The molecule has 0 aliphatic carbocycles. The van der Waals surface area contributed by atoms with E-state index in [-0.39, 0.29) is 24.4 Å². The van der Waals surface area contributed by atoms with Crippen LogP contribution in [-0.2, 0) is 0 Å². The minimum atomic E-state index is -0.849. The first-order valence-corrected chi connectivity index (χ1v) is 13.4. The Hall–Kier alpha value is -2.09. The second-order valence-corrected chi connectivity index (χ2v) is 8.84. The number of carbonyl (C=O) groups is 2. The molecule has 7 heteroatoms. The molecule has 2 radical (unpaired) electrons. The van der Waals surface area contributed by atoms with Gasteiger partial charge < -0.3 is 0 Å². The van der Waals surface area contributed by atoms with Crippen LogP contribution >= 0.6 is 0 Å². The van der Waals surface area contributed by atoms with Crippen LogP contribution in [0.3, 0.4) is 0 Å². The van der Waals surface area contributed by atoms with Gasteiger partial charge in [-0.2, -0.15) is 0 Å². The molecule has 148 valence electrons. The molecule has 1 aromatic heterocycles. The van der Waals surface area contributed by atoms with Crippen LogP contribution < -0.4 is 17.9 Å². The quantitative estimate of drug-likeness (QED) is 0.356. The van der Waals surface area contributed by atoms with E-state index in [0.29, 0.717) is 29.4 Å². The fraction of sp³-hybridized carbons (Fsp3) is 0.381. The van der Waals surface area contributed by atoms with Gasteiger partial charge in [0.1, 0.15) is 0 Å². The van der Waals surface area contributed by atoms with Crippen molar-refractivity contribution >= 4 is 36.4 Å². The van der Waals surface area contributed by atoms with Crippen molar-refractivity contribution in [3.8, 4) is 17.2 Å². The minimum absolute atomic E-state index is 0.114. The van der Waals surface area contributed by atoms with Gasteiger partial charge in [-0.3, -0.25) is 0 Å². The Bertz CT molecular complexity index is 838. The summed E-state index contributed by atoms with van der Waals surface area (Å²) >= 11 is -0.849. The molecule has 0 unspecified atom stereocenters. The fourth-order valence-electron chi connectivity index (χ4n) is 2.62. The van der Waals surface area contributed by atoms with Gasteiger partial charge >= 0.3 is 156 Å². The third kappa shape index (κ3) is 5.70. The van der Waals surface area contributed by atoms with E-state index in [1.165, 1.54) is 7.11 Å². The molecule has 0 aliphatic rings. The molecule has 0 fully saturated rings. The van der Waals surface area contributed by atoms with Crippen molar-refractivity contribution < 1.29 is 23.8 Å². The van der Waals surface area contributed by atoms with Gasteiger partial charge in [0.15, 0.2) is 0 Å². The number of aromatic nitrogens is 1. The van der Waals surface area contributed by atoms with E-state index in [0.717, 1.165) is 15.9 Å². The summed E-state index contributed by atoms with van der Waals surface area (Å²) < 4.78 is 17.1. The van der Waals surface area contributed by atoms with E-state index in [1.54, 1.807) is 37.4 Å². The molecule has 1 heterocycles. The second-order valence-electron chi connectivity index (χ2n) is 6.06. The van der Waals surface area contributed by atoms with Gasteiger partial charge in [-0.05, 0) is 6.42 Å². The number of rotatable bonds is 11.